The Balaban J connectivity index is 1.94. The maximum Gasteiger partial charge on any atom is 0.289 e. The lowest BCUT2D eigenvalue weighted by Crippen LogP contribution is -2.53. The van der Waals surface area contributed by atoms with E-state index in [1.54, 1.807) is 14.0 Å². The van der Waals surface area contributed by atoms with Crippen molar-refractivity contribution < 1.29 is 19.2 Å². The van der Waals surface area contributed by atoms with E-state index in [2.05, 4.69) is 21.3 Å². The zero-order valence-corrected chi connectivity index (χ0v) is 15.6. The van der Waals surface area contributed by atoms with E-state index in [-0.39, 0.29) is 30.7 Å². The molecule has 2 saturated carbocycles. The zero-order valence-electron chi connectivity index (χ0n) is 15.6. The van der Waals surface area contributed by atoms with Crippen LogP contribution in [0, 0.1) is 5.92 Å². The van der Waals surface area contributed by atoms with Crippen molar-refractivity contribution in [3.05, 3.63) is 0 Å². The first-order valence-electron chi connectivity index (χ1n) is 9.53. The molecular weight excluding hydrogens is 336 g/mol. The molecule has 2 aliphatic rings. The summed E-state index contributed by atoms with van der Waals surface area (Å²) in [6, 6.07) is -1.32. The third-order valence-electron chi connectivity index (χ3n) is 4.73. The van der Waals surface area contributed by atoms with Crippen molar-refractivity contribution in [3.8, 4) is 0 Å². The minimum absolute atomic E-state index is 0.0612. The first-order chi connectivity index (χ1) is 12.4. The summed E-state index contributed by atoms with van der Waals surface area (Å²) < 4.78 is 0. The summed E-state index contributed by atoms with van der Waals surface area (Å²) >= 11 is 0. The van der Waals surface area contributed by atoms with Crippen LogP contribution in [0.25, 0.3) is 0 Å². The number of likely N-dealkylation sites (N-methyl/N-ethyl adjacent to an activating group) is 1. The number of Topliss-reactive ketones (excluding diaryl/α,β-unsaturated/α-hetero) is 1. The SMILES string of the molecule is CCNC(=O)CCC(NC(=O)[C@H](CC1CC1)NC)C(=O)C(=O)NC1CC1. The lowest BCUT2D eigenvalue weighted by atomic mass is 10.0. The van der Waals surface area contributed by atoms with Gasteiger partial charge < -0.3 is 21.3 Å². The molecule has 0 aromatic rings. The first kappa shape index (κ1) is 20.4. The molecule has 4 N–H and O–H groups in total. The number of carbonyl (C=O) groups excluding carboxylic acids is 4. The molecule has 0 aromatic carbocycles. The van der Waals surface area contributed by atoms with Crippen molar-refractivity contribution in [2.75, 3.05) is 13.6 Å². The van der Waals surface area contributed by atoms with Crippen LogP contribution in [0.5, 0.6) is 0 Å². The summed E-state index contributed by atoms with van der Waals surface area (Å²) in [5.41, 5.74) is 0. The fraction of sp³-hybridized carbons (Fsp3) is 0.778. The summed E-state index contributed by atoms with van der Waals surface area (Å²) in [6.07, 6.45) is 4.89. The molecule has 146 valence electrons. The number of nitrogens with one attached hydrogen (secondary N) is 4. The molecule has 2 atom stereocenters. The standard InChI is InChI=1S/C18H30N4O4/c1-3-20-15(23)9-8-13(16(24)18(26)21-12-6-7-12)22-17(25)14(19-2)10-11-4-5-11/h11-14,19H,3-10H2,1-2H3,(H,20,23)(H,21,26)(H,22,25)/t13?,14-/m0/s1. The predicted octanol–water partition coefficient (Wildman–Crippen LogP) is -0.377. The Morgan fingerprint density at radius 2 is 1.73 bits per heavy atom. The van der Waals surface area contributed by atoms with E-state index in [0.717, 1.165) is 25.7 Å². The highest BCUT2D eigenvalue weighted by atomic mass is 16.2. The fourth-order valence-corrected chi connectivity index (χ4v) is 2.79. The second kappa shape index (κ2) is 9.66. The van der Waals surface area contributed by atoms with Gasteiger partial charge in [-0.05, 0) is 45.6 Å². The second-order valence-corrected chi connectivity index (χ2v) is 7.19. The molecule has 0 aromatic heterocycles. The molecule has 0 aliphatic heterocycles. The first-order valence-corrected chi connectivity index (χ1v) is 9.53. The van der Waals surface area contributed by atoms with Gasteiger partial charge in [0, 0.05) is 19.0 Å². The average molecular weight is 366 g/mol. The number of rotatable bonds is 12. The van der Waals surface area contributed by atoms with E-state index in [1.807, 2.05) is 0 Å². The molecule has 0 saturated heterocycles. The van der Waals surface area contributed by atoms with Gasteiger partial charge in [0.1, 0.15) is 0 Å². The van der Waals surface area contributed by atoms with Crippen LogP contribution in [-0.4, -0.2) is 55.2 Å². The highest BCUT2D eigenvalue weighted by Gasteiger charge is 2.34. The van der Waals surface area contributed by atoms with Crippen molar-refractivity contribution in [2.24, 2.45) is 5.92 Å². The predicted molar refractivity (Wildman–Crippen MR) is 96.2 cm³/mol. The average Bonchev–Trinajstić information content (AvgIpc) is 3.51. The van der Waals surface area contributed by atoms with Gasteiger partial charge in [0.05, 0.1) is 12.1 Å². The Morgan fingerprint density at radius 1 is 1.04 bits per heavy atom. The Kier molecular flexibility index (Phi) is 7.56. The van der Waals surface area contributed by atoms with E-state index >= 15 is 0 Å². The topological polar surface area (TPSA) is 116 Å². The molecule has 2 rings (SSSR count). The summed E-state index contributed by atoms with van der Waals surface area (Å²) in [7, 11) is 1.71. The maximum atomic E-state index is 12.5. The summed E-state index contributed by atoms with van der Waals surface area (Å²) in [4.78, 5) is 48.8. The number of ketones is 1. The Morgan fingerprint density at radius 3 is 2.27 bits per heavy atom. The number of hydrogen-bond donors (Lipinski definition) is 4. The smallest absolute Gasteiger partial charge is 0.289 e. The van der Waals surface area contributed by atoms with Gasteiger partial charge in [-0.15, -0.1) is 0 Å². The van der Waals surface area contributed by atoms with Crippen LogP contribution in [0.1, 0.15) is 51.9 Å². The van der Waals surface area contributed by atoms with Gasteiger partial charge >= 0.3 is 0 Å². The highest BCUT2D eigenvalue weighted by molar-refractivity contribution is 6.38. The third kappa shape index (κ3) is 6.74. The van der Waals surface area contributed by atoms with E-state index in [0.29, 0.717) is 18.9 Å². The maximum absolute atomic E-state index is 12.5. The van der Waals surface area contributed by atoms with Gasteiger partial charge in [0.15, 0.2) is 0 Å². The largest absolute Gasteiger partial charge is 0.356 e. The molecule has 1 unspecified atom stereocenters. The number of hydrogen-bond acceptors (Lipinski definition) is 5. The minimum atomic E-state index is -0.987. The fourth-order valence-electron chi connectivity index (χ4n) is 2.79. The Bertz CT molecular complexity index is 543. The molecule has 8 heteroatoms. The van der Waals surface area contributed by atoms with Crippen molar-refractivity contribution in [3.63, 3.8) is 0 Å². The van der Waals surface area contributed by atoms with Gasteiger partial charge in [-0.1, -0.05) is 12.8 Å². The molecule has 0 spiro atoms. The number of amides is 3. The molecule has 2 aliphatic carbocycles. The lowest BCUT2D eigenvalue weighted by Gasteiger charge is -2.21. The molecule has 3 amide bonds. The molecule has 0 bridgehead atoms. The number of carbonyl (C=O) groups is 4. The van der Waals surface area contributed by atoms with Crippen molar-refractivity contribution in [1.29, 1.82) is 0 Å². The highest BCUT2D eigenvalue weighted by Crippen LogP contribution is 2.33. The van der Waals surface area contributed by atoms with Crippen molar-refractivity contribution in [1.82, 2.24) is 21.3 Å². The summed E-state index contributed by atoms with van der Waals surface area (Å²) in [5, 5.41) is 11.0. The molecule has 26 heavy (non-hydrogen) atoms. The van der Waals surface area contributed by atoms with Gasteiger partial charge in [-0.3, -0.25) is 19.2 Å². The van der Waals surface area contributed by atoms with Crippen LogP contribution >= 0.6 is 0 Å². The minimum Gasteiger partial charge on any atom is -0.356 e. The molecule has 0 radical (unpaired) electrons. The van der Waals surface area contributed by atoms with Crippen molar-refractivity contribution >= 4 is 23.5 Å². The molecule has 8 nitrogen and oxygen atoms in total. The van der Waals surface area contributed by atoms with Crippen LogP contribution < -0.4 is 21.3 Å². The van der Waals surface area contributed by atoms with Gasteiger partial charge in [-0.25, -0.2) is 0 Å². The van der Waals surface area contributed by atoms with Crippen LogP contribution in [-0.2, 0) is 19.2 Å². The monoisotopic (exact) mass is 366 g/mol. The van der Waals surface area contributed by atoms with Gasteiger partial charge in [0.25, 0.3) is 5.91 Å². The quantitative estimate of drug-likeness (QED) is 0.352. The molecule has 2 fully saturated rings. The van der Waals surface area contributed by atoms with Crippen LogP contribution in [0.4, 0.5) is 0 Å². The van der Waals surface area contributed by atoms with Crippen molar-refractivity contribution in [2.45, 2.75) is 70.0 Å². The van der Waals surface area contributed by atoms with E-state index < -0.39 is 23.8 Å². The van der Waals surface area contributed by atoms with E-state index in [1.165, 1.54) is 0 Å². The Hall–Kier alpha value is -1.96. The summed E-state index contributed by atoms with van der Waals surface area (Å²) in [6.45, 7) is 2.30. The second-order valence-electron chi connectivity index (χ2n) is 7.19. The molecular formula is C18H30N4O4. The normalized spacial score (nSPS) is 18.5. The van der Waals surface area contributed by atoms with E-state index in [4.69, 9.17) is 0 Å². The lowest BCUT2D eigenvalue weighted by molar-refractivity contribution is -0.140. The van der Waals surface area contributed by atoms with Crippen LogP contribution in [0.3, 0.4) is 0 Å². The van der Waals surface area contributed by atoms with E-state index in [9.17, 15) is 19.2 Å². The third-order valence-corrected chi connectivity index (χ3v) is 4.73. The zero-order chi connectivity index (χ0) is 19.1. The Labute approximate surface area is 154 Å². The molecule has 0 heterocycles. The van der Waals surface area contributed by atoms with Gasteiger partial charge in [-0.2, -0.15) is 0 Å². The van der Waals surface area contributed by atoms with Crippen LogP contribution in [0.15, 0.2) is 0 Å². The van der Waals surface area contributed by atoms with Crippen LogP contribution in [0.2, 0.25) is 0 Å². The van der Waals surface area contributed by atoms with Gasteiger partial charge in [0.2, 0.25) is 17.6 Å². The summed E-state index contributed by atoms with van der Waals surface area (Å²) in [5.74, 6) is -1.33.